The number of nitrogens with one attached hydrogen (secondary N) is 2. The predicted octanol–water partition coefficient (Wildman–Crippen LogP) is 3.20. The summed E-state index contributed by atoms with van der Waals surface area (Å²) < 4.78 is 4.91. The van der Waals surface area contributed by atoms with E-state index >= 15 is 0 Å². The smallest absolute Gasteiger partial charge is 0.311 e. The molecule has 0 aliphatic carbocycles. The standard InChI is InChI=1S/C17H17N3O5/c1-3-16(21)18-12-5-7-13(8-6-12)19-17(22)11-4-9-15(25-2)14(10-11)20(23)24/h4-10H,3H2,1-2H3,(H,18,21)(H,19,22). The molecule has 2 N–H and O–H groups in total. The average Bonchev–Trinajstić information content (AvgIpc) is 2.62. The molecule has 8 nitrogen and oxygen atoms in total. The second-order valence-electron chi connectivity index (χ2n) is 5.08. The van der Waals surface area contributed by atoms with Gasteiger partial charge in [0.1, 0.15) is 0 Å². The van der Waals surface area contributed by atoms with Crippen LogP contribution in [0.5, 0.6) is 5.75 Å². The summed E-state index contributed by atoms with van der Waals surface area (Å²) in [4.78, 5) is 34.0. The zero-order valence-electron chi connectivity index (χ0n) is 13.7. The Bertz CT molecular complexity index is 802. The Kier molecular flexibility index (Phi) is 5.67. The van der Waals surface area contributed by atoms with E-state index < -0.39 is 10.8 Å². The summed E-state index contributed by atoms with van der Waals surface area (Å²) in [5.41, 5.74) is 0.964. The van der Waals surface area contributed by atoms with Gasteiger partial charge in [0.05, 0.1) is 12.0 Å². The first-order valence-corrected chi connectivity index (χ1v) is 7.48. The van der Waals surface area contributed by atoms with Crippen molar-refractivity contribution in [2.45, 2.75) is 13.3 Å². The van der Waals surface area contributed by atoms with Gasteiger partial charge in [-0.2, -0.15) is 0 Å². The summed E-state index contributed by atoms with van der Waals surface area (Å²) in [6, 6.07) is 10.5. The third kappa shape index (κ3) is 4.54. The van der Waals surface area contributed by atoms with Gasteiger partial charge in [-0.3, -0.25) is 19.7 Å². The molecule has 0 atom stereocenters. The van der Waals surface area contributed by atoms with E-state index in [0.717, 1.165) is 6.07 Å². The highest BCUT2D eigenvalue weighted by atomic mass is 16.6. The monoisotopic (exact) mass is 343 g/mol. The third-order valence-corrected chi connectivity index (χ3v) is 3.39. The molecule has 2 aromatic carbocycles. The first-order valence-electron chi connectivity index (χ1n) is 7.48. The highest BCUT2D eigenvalue weighted by Crippen LogP contribution is 2.28. The van der Waals surface area contributed by atoms with Gasteiger partial charge in [-0.15, -0.1) is 0 Å². The van der Waals surface area contributed by atoms with Crippen LogP contribution in [0.2, 0.25) is 0 Å². The normalized spacial score (nSPS) is 10.0. The third-order valence-electron chi connectivity index (χ3n) is 3.39. The SMILES string of the molecule is CCC(=O)Nc1ccc(NC(=O)c2ccc(OC)c([N+](=O)[O-])c2)cc1. The first kappa shape index (κ1) is 17.9. The van der Waals surface area contributed by atoms with E-state index in [1.54, 1.807) is 31.2 Å². The first-order chi connectivity index (χ1) is 11.9. The number of nitro benzene ring substituents is 1. The minimum absolute atomic E-state index is 0.0811. The van der Waals surface area contributed by atoms with Crippen LogP contribution in [-0.2, 0) is 4.79 Å². The van der Waals surface area contributed by atoms with E-state index in [-0.39, 0.29) is 22.9 Å². The lowest BCUT2D eigenvalue weighted by molar-refractivity contribution is -0.385. The summed E-state index contributed by atoms with van der Waals surface area (Å²) in [6.07, 6.45) is 0.370. The van der Waals surface area contributed by atoms with Crippen molar-refractivity contribution >= 4 is 28.9 Å². The molecule has 2 aromatic rings. The van der Waals surface area contributed by atoms with Crippen LogP contribution in [0, 0.1) is 10.1 Å². The average molecular weight is 343 g/mol. The Morgan fingerprint density at radius 1 is 1.08 bits per heavy atom. The maximum absolute atomic E-state index is 12.3. The van der Waals surface area contributed by atoms with E-state index in [0.29, 0.717) is 17.8 Å². The molecule has 130 valence electrons. The zero-order chi connectivity index (χ0) is 18.4. The number of benzene rings is 2. The van der Waals surface area contributed by atoms with Crippen LogP contribution >= 0.6 is 0 Å². The van der Waals surface area contributed by atoms with Gasteiger partial charge in [0.25, 0.3) is 5.91 Å². The van der Waals surface area contributed by atoms with Gasteiger partial charge >= 0.3 is 5.69 Å². The maximum Gasteiger partial charge on any atom is 0.311 e. The van der Waals surface area contributed by atoms with E-state index in [2.05, 4.69) is 10.6 Å². The van der Waals surface area contributed by atoms with E-state index in [9.17, 15) is 19.7 Å². The lowest BCUT2D eigenvalue weighted by Crippen LogP contribution is -2.13. The van der Waals surface area contributed by atoms with Gasteiger partial charge in [0.2, 0.25) is 5.91 Å². The minimum atomic E-state index is -0.610. The summed E-state index contributed by atoms with van der Waals surface area (Å²) in [6.45, 7) is 1.75. The quantitative estimate of drug-likeness (QED) is 0.618. The van der Waals surface area contributed by atoms with Gasteiger partial charge in [-0.25, -0.2) is 0 Å². The molecule has 25 heavy (non-hydrogen) atoms. The lowest BCUT2D eigenvalue weighted by Gasteiger charge is -2.08. The van der Waals surface area contributed by atoms with Gasteiger partial charge in [-0.1, -0.05) is 6.92 Å². The molecule has 0 spiro atoms. The molecule has 0 aliphatic heterocycles. The molecule has 8 heteroatoms. The lowest BCUT2D eigenvalue weighted by atomic mass is 10.1. The van der Waals surface area contributed by atoms with Gasteiger partial charge in [0.15, 0.2) is 5.75 Å². The molecule has 0 bridgehead atoms. The summed E-state index contributed by atoms with van der Waals surface area (Å²) >= 11 is 0. The predicted molar refractivity (Wildman–Crippen MR) is 93.0 cm³/mol. The van der Waals surface area contributed by atoms with Crippen LogP contribution in [-0.4, -0.2) is 23.8 Å². The largest absolute Gasteiger partial charge is 0.490 e. The van der Waals surface area contributed by atoms with Crippen molar-refractivity contribution in [2.24, 2.45) is 0 Å². The highest BCUT2D eigenvalue weighted by Gasteiger charge is 2.18. The Balaban J connectivity index is 2.13. The zero-order valence-corrected chi connectivity index (χ0v) is 13.7. The number of hydrogen-bond donors (Lipinski definition) is 2. The number of methoxy groups -OCH3 is 1. The molecule has 2 amide bonds. The van der Waals surface area contributed by atoms with Crippen LogP contribution in [0.3, 0.4) is 0 Å². The molecule has 0 heterocycles. The Morgan fingerprint density at radius 2 is 1.68 bits per heavy atom. The fourth-order valence-corrected chi connectivity index (χ4v) is 2.06. The Hall–Kier alpha value is -3.42. The summed E-state index contributed by atoms with van der Waals surface area (Å²) in [5.74, 6) is -0.518. The summed E-state index contributed by atoms with van der Waals surface area (Å²) in [7, 11) is 1.32. The van der Waals surface area contributed by atoms with Crippen molar-refractivity contribution in [1.82, 2.24) is 0 Å². The van der Waals surface area contributed by atoms with Crippen LogP contribution in [0.25, 0.3) is 0 Å². The van der Waals surface area contributed by atoms with Crippen LogP contribution < -0.4 is 15.4 Å². The maximum atomic E-state index is 12.3. The fraction of sp³-hybridized carbons (Fsp3) is 0.176. The Morgan fingerprint density at radius 3 is 2.20 bits per heavy atom. The summed E-state index contributed by atoms with van der Waals surface area (Å²) in [5, 5.41) is 16.4. The molecular weight excluding hydrogens is 326 g/mol. The number of nitrogens with zero attached hydrogens (tertiary/aromatic N) is 1. The second kappa shape index (κ2) is 7.91. The topological polar surface area (TPSA) is 111 Å². The second-order valence-corrected chi connectivity index (χ2v) is 5.08. The van der Waals surface area contributed by atoms with Crippen LogP contribution in [0.1, 0.15) is 23.7 Å². The van der Waals surface area contributed by atoms with Crippen molar-refractivity contribution < 1.29 is 19.2 Å². The molecular formula is C17H17N3O5. The number of ether oxygens (including phenoxy) is 1. The number of carbonyl (C=O) groups is 2. The van der Waals surface area contributed by atoms with E-state index in [4.69, 9.17) is 4.74 Å². The van der Waals surface area contributed by atoms with Crippen LogP contribution in [0.15, 0.2) is 42.5 Å². The van der Waals surface area contributed by atoms with E-state index in [1.165, 1.54) is 19.2 Å². The van der Waals surface area contributed by atoms with E-state index in [1.807, 2.05) is 0 Å². The number of nitro groups is 1. The van der Waals surface area contributed by atoms with Gasteiger partial charge in [0, 0.05) is 29.4 Å². The molecule has 0 aromatic heterocycles. The molecule has 0 unspecified atom stereocenters. The molecule has 0 saturated carbocycles. The number of carbonyl (C=O) groups excluding carboxylic acids is 2. The molecule has 0 fully saturated rings. The minimum Gasteiger partial charge on any atom is -0.490 e. The highest BCUT2D eigenvalue weighted by molar-refractivity contribution is 6.05. The molecule has 0 aliphatic rings. The molecule has 0 saturated heterocycles. The van der Waals surface area contributed by atoms with Crippen molar-refractivity contribution in [3.63, 3.8) is 0 Å². The van der Waals surface area contributed by atoms with Crippen molar-refractivity contribution in [3.05, 3.63) is 58.1 Å². The van der Waals surface area contributed by atoms with Crippen LogP contribution in [0.4, 0.5) is 17.1 Å². The van der Waals surface area contributed by atoms with Gasteiger partial charge in [-0.05, 0) is 36.4 Å². The Labute approximate surface area is 144 Å². The fourth-order valence-electron chi connectivity index (χ4n) is 2.06. The number of anilines is 2. The number of hydrogen-bond acceptors (Lipinski definition) is 5. The van der Waals surface area contributed by atoms with Crippen molar-refractivity contribution in [3.8, 4) is 5.75 Å². The molecule has 2 rings (SSSR count). The van der Waals surface area contributed by atoms with Crippen molar-refractivity contribution in [1.29, 1.82) is 0 Å². The van der Waals surface area contributed by atoms with Crippen molar-refractivity contribution in [2.75, 3.05) is 17.7 Å². The van der Waals surface area contributed by atoms with Gasteiger partial charge < -0.3 is 15.4 Å². The molecule has 0 radical (unpaired) electrons. The number of amides is 2. The number of rotatable bonds is 6.